The van der Waals surface area contributed by atoms with Crippen molar-refractivity contribution in [3.05, 3.63) is 65.7 Å². The van der Waals surface area contributed by atoms with E-state index in [0.717, 1.165) is 50.4 Å². The number of piperidine rings is 1. The van der Waals surface area contributed by atoms with E-state index in [4.69, 9.17) is 9.47 Å². The third-order valence-corrected chi connectivity index (χ3v) is 6.72. The molecule has 4 rings (SSSR count). The first-order chi connectivity index (χ1) is 15.7. The summed E-state index contributed by atoms with van der Waals surface area (Å²) in [5.74, 6) is 1.09. The van der Waals surface area contributed by atoms with Crippen LogP contribution in [-0.4, -0.2) is 60.6 Å². The van der Waals surface area contributed by atoms with Crippen LogP contribution < -0.4 is 4.74 Å². The summed E-state index contributed by atoms with van der Waals surface area (Å²) in [7, 11) is 0. The van der Waals surface area contributed by atoms with Crippen LogP contribution in [0.3, 0.4) is 0 Å². The molecule has 0 aliphatic carbocycles. The Hall–Kier alpha value is -2.37. The lowest BCUT2D eigenvalue weighted by Crippen LogP contribution is -2.49. The van der Waals surface area contributed by atoms with E-state index in [9.17, 15) is 4.79 Å². The van der Waals surface area contributed by atoms with Crippen LogP contribution in [0.1, 0.15) is 43.7 Å². The van der Waals surface area contributed by atoms with Crippen molar-refractivity contribution in [3.8, 4) is 5.75 Å². The zero-order chi connectivity index (χ0) is 22.2. The summed E-state index contributed by atoms with van der Waals surface area (Å²) in [6, 6.07) is 19.4. The fourth-order valence-corrected chi connectivity index (χ4v) is 5.01. The molecule has 5 heteroatoms. The molecular weight excluding hydrogens is 400 g/mol. The van der Waals surface area contributed by atoms with Crippen molar-refractivity contribution < 1.29 is 14.3 Å². The van der Waals surface area contributed by atoms with Crippen molar-refractivity contribution in [2.75, 3.05) is 32.8 Å². The Morgan fingerprint density at radius 3 is 2.41 bits per heavy atom. The predicted octanol–water partition coefficient (Wildman–Crippen LogP) is 4.30. The highest BCUT2D eigenvalue weighted by atomic mass is 16.5. The number of likely N-dealkylation sites (tertiary alicyclic amines) is 2. The molecule has 5 nitrogen and oxygen atoms in total. The van der Waals surface area contributed by atoms with Gasteiger partial charge in [-0.05, 0) is 62.4 Å². The maximum Gasteiger partial charge on any atom is 0.226 e. The monoisotopic (exact) mass is 436 g/mol. The Labute approximate surface area is 192 Å². The molecule has 0 N–H and O–H groups in total. The lowest BCUT2D eigenvalue weighted by molar-refractivity contribution is -0.132. The van der Waals surface area contributed by atoms with Gasteiger partial charge in [-0.3, -0.25) is 9.69 Å². The number of carbonyl (C=O) groups excluding carboxylic acids is 1. The normalized spacial score (nSPS) is 19.9. The molecule has 2 saturated heterocycles. The van der Waals surface area contributed by atoms with E-state index < -0.39 is 0 Å². The van der Waals surface area contributed by atoms with Gasteiger partial charge in [0.05, 0.1) is 26.2 Å². The molecule has 1 amide bonds. The van der Waals surface area contributed by atoms with Crippen LogP contribution in [0.5, 0.6) is 5.75 Å². The molecule has 32 heavy (non-hydrogen) atoms. The number of amides is 1. The number of benzene rings is 2. The second-order valence-corrected chi connectivity index (χ2v) is 8.90. The quantitative estimate of drug-likeness (QED) is 0.588. The zero-order valence-electron chi connectivity index (χ0n) is 19.2. The van der Waals surface area contributed by atoms with Gasteiger partial charge in [0.1, 0.15) is 5.75 Å². The van der Waals surface area contributed by atoms with Gasteiger partial charge in [-0.1, -0.05) is 42.5 Å². The fraction of sp³-hybridized carbons (Fsp3) is 0.519. The van der Waals surface area contributed by atoms with Crippen LogP contribution in [0.15, 0.2) is 54.6 Å². The van der Waals surface area contributed by atoms with Crippen molar-refractivity contribution in [1.29, 1.82) is 0 Å². The molecule has 0 spiro atoms. The molecule has 2 heterocycles. The highest BCUT2D eigenvalue weighted by Gasteiger charge is 2.33. The van der Waals surface area contributed by atoms with Gasteiger partial charge in [0, 0.05) is 25.2 Å². The van der Waals surface area contributed by atoms with Crippen molar-refractivity contribution in [3.63, 3.8) is 0 Å². The molecule has 2 aliphatic rings. The van der Waals surface area contributed by atoms with Crippen LogP contribution in [0.25, 0.3) is 0 Å². The van der Waals surface area contributed by atoms with E-state index >= 15 is 0 Å². The van der Waals surface area contributed by atoms with Crippen LogP contribution in [-0.2, 0) is 22.6 Å². The summed E-state index contributed by atoms with van der Waals surface area (Å²) >= 11 is 0. The van der Waals surface area contributed by atoms with Gasteiger partial charge < -0.3 is 14.4 Å². The van der Waals surface area contributed by atoms with E-state index in [1.54, 1.807) is 0 Å². The highest BCUT2D eigenvalue weighted by molar-refractivity contribution is 5.78. The summed E-state index contributed by atoms with van der Waals surface area (Å²) in [5.41, 5.74) is 2.28. The molecule has 2 aliphatic heterocycles. The minimum absolute atomic E-state index is 0.233. The first-order valence-electron chi connectivity index (χ1n) is 12.1. The van der Waals surface area contributed by atoms with Crippen LogP contribution >= 0.6 is 0 Å². The molecule has 1 atom stereocenters. The van der Waals surface area contributed by atoms with Gasteiger partial charge in [0.25, 0.3) is 0 Å². The minimum Gasteiger partial charge on any atom is -0.494 e. The smallest absolute Gasteiger partial charge is 0.226 e. The third-order valence-electron chi connectivity index (χ3n) is 6.72. The van der Waals surface area contributed by atoms with Gasteiger partial charge >= 0.3 is 0 Å². The largest absolute Gasteiger partial charge is 0.494 e. The van der Waals surface area contributed by atoms with Crippen molar-refractivity contribution in [2.45, 2.75) is 57.7 Å². The molecule has 0 saturated carbocycles. The Kier molecular flexibility index (Phi) is 8.18. The maximum absolute atomic E-state index is 12.8. The average molecular weight is 437 g/mol. The Bertz CT molecular complexity index is 832. The first kappa shape index (κ1) is 22.8. The summed E-state index contributed by atoms with van der Waals surface area (Å²) in [6.07, 6.45) is 5.05. The van der Waals surface area contributed by atoms with E-state index in [2.05, 4.69) is 29.2 Å². The summed E-state index contributed by atoms with van der Waals surface area (Å²) in [4.78, 5) is 17.5. The molecule has 2 fully saturated rings. The summed E-state index contributed by atoms with van der Waals surface area (Å²) in [6.45, 7) is 6.98. The number of rotatable bonds is 9. The van der Waals surface area contributed by atoms with Gasteiger partial charge in [-0.2, -0.15) is 0 Å². The molecule has 2 aromatic rings. The van der Waals surface area contributed by atoms with E-state index in [1.165, 1.54) is 18.4 Å². The molecule has 2 aromatic carbocycles. The number of hydrogen-bond donors (Lipinski definition) is 0. The first-order valence-corrected chi connectivity index (χ1v) is 12.1. The van der Waals surface area contributed by atoms with Crippen molar-refractivity contribution >= 4 is 5.91 Å². The topological polar surface area (TPSA) is 42.0 Å². The van der Waals surface area contributed by atoms with Gasteiger partial charge in [0.2, 0.25) is 5.91 Å². The van der Waals surface area contributed by atoms with Crippen molar-refractivity contribution in [2.24, 2.45) is 0 Å². The van der Waals surface area contributed by atoms with E-state index in [0.29, 0.717) is 31.7 Å². The van der Waals surface area contributed by atoms with E-state index in [1.807, 2.05) is 42.2 Å². The lowest BCUT2D eigenvalue weighted by Gasteiger charge is -2.39. The number of nitrogens with zero attached hydrogens (tertiary/aromatic N) is 2. The molecule has 0 bridgehead atoms. The Morgan fingerprint density at radius 1 is 0.938 bits per heavy atom. The fourth-order valence-electron chi connectivity index (χ4n) is 5.01. The Morgan fingerprint density at radius 2 is 1.69 bits per heavy atom. The maximum atomic E-state index is 12.8. The second kappa shape index (κ2) is 11.5. The standard InChI is InChI=1S/C27H36N2O3/c1-2-32-26-12-10-22(11-13-26)19-27(30)28-17-14-24(15-18-28)29-16-6-9-25(29)21-31-20-23-7-4-3-5-8-23/h3-5,7-8,10-13,24-25H,2,6,9,14-21H2,1H3. The number of carbonyl (C=O) groups is 1. The van der Waals surface area contributed by atoms with Gasteiger partial charge in [0.15, 0.2) is 0 Å². The predicted molar refractivity (Wildman–Crippen MR) is 127 cm³/mol. The summed E-state index contributed by atoms with van der Waals surface area (Å²) < 4.78 is 11.5. The van der Waals surface area contributed by atoms with Crippen LogP contribution in [0.2, 0.25) is 0 Å². The van der Waals surface area contributed by atoms with Crippen LogP contribution in [0, 0.1) is 0 Å². The zero-order valence-corrected chi connectivity index (χ0v) is 19.2. The molecule has 0 aromatic heterocycles. The SMILES string of the molecule is CCOc1ccc(CC(=O)N2CCC(N3CCCC3COCc3ccccc3)CC2)cc1. The molecule has 1 unspecified atom stereocenters. The van der Waals surface area contributed by atoms with Crippen molar-refractivity contribution in [1.82, 2.24) is 9.80 Å². The third kappa shape index (κ3) is 6.11. The summed E-state index contributed by atoms with van der Waals surface area (Å²) in [5, 5.41) is 0. The van der Waals surface area contributed by atoms with Gasteiger partial charge in [-0.15, -0.1) is 0 Å². The lowest BCUT2D eigenvalue weighted by atomic mass is 10.0. The second-order valence-electron chi connectivity index (χ2n) is 8.90. The van der Waals surface area contributed by atoms with E-state index in [-0.39, 0.29) is 5.91 Å². The highest BCUT2D eigenvalue weighted by Crippen LogP contribution is 2.27. The number of hydrogen-bond acceptors (Lipinski definition) is 4. The number of ether oxygens (including phenoxy) is 2. The average Bonchev–Trinajstić information content (AvgIpc) is 3.30. The minimum atomic E-state index is 0.233. The molecule has 172 valence electrons. The van der Waals surface area contributed by atoms with Crippen LogP contribution in [0.4, 0.5) is 0 Å². The Balaban J connectivity index is 1.21. The van der Waals surface area contributed by atoms with Gasteiger partial charge in [-0.25, -0.2) is 0 Å². The molecular formula is C27H36N2O3. The molecule has 0 radical (unpaired) electrons.